The lowest BCUT2D eigenvalue weighted by molar-refractivity contribution is -0.122. The lowest BCUT2D eigenvalue weighted by Crippen LogP contribution is -2.33. The van der Waals surface area contributed by atoms with Crippen molar-refractivity contribution < 1.29 is 23.8 Å². The molecule has 0 aromatic heterocycles. The molecule has 0 atom stereocenters. The largest absolute Gasteiger partial charge is 0.497 e. The lowest BCUT2D eigenvalue weighted by Gasteiger charge is -2.14. The highest BCUT2D eigenvalue weighted by molar-refractivity contribution is 8.18. The second kappa shape index (κ2) is 9.38. The zero-order valence-electron chi connectivity index (χ0n) is 16.4. The van der Waals surface area contributed by atoms with E-state index >= 15 is 0 Å². The Labute approximate surface area is 173 Å². The van der Waals surface area contributed by atoms with Crippen LogP contribution >= 0.6 is 11.8 Å². The van der Waals surface area contributed by atoms with Gasteiger partial charge in [0.1, 0.15) is 17.2 Å². The maximum absolute atomic E-state index is 12.7. The van der Waals surface area contributed by atoms with E-state index in [-0.39, 0.29) is 17.8 Å². The summed E-state index contributed by atoms with van der Waals surface area (Å²) in [6.07, 6.45) is 1.65. The van der Waals surface area contributed by atoms with Crippen molar-refractivity contribution in [1.82, 2.24) is 4.90 Å². The van der Waals surface area contributed by atoms with Gasteiger partial charge in [0.2, 0.25) is 0 Å². The van der Waals surface area contributed by atoms with Crippen molar-refractivity contribution in [3.63, 3.8) is 0 Å². The molecule has 0 bridgehead atoms. The Morgan fingerprint density at radius 1 is 1.03 bits per heavy atom. The van der Waals surface area contributed by atoms with Crippen LogP contribution in [0, 0.1) is 0 Å². The van der Waals surface area contributed by atoms with Crippen molar-refractivity contribution >= 4 is 34.7 Å². The Hall–Kier alpha value is -3.13. The molecule has 2 amide bonds. The van der Waals surface area contributed by atoms with Gasteiger partial charge in [-0.1, -0.05) is 0 Å². The molecule has 1 saturated heterocycles. The molecule has 2 aromatic carbocycles. The van der Waals surface area contributed by atoms with E-state index in [1.165, 1.54) is 4.90 Å². The molecule has 0 radical (unpaired) electrons. The molecule has 2 aromatic rings. The molecule has 1 N–H and O–H groups in total. The number of hydrogen-bond acceptors (Lipinski definition) is 7. The zero-order chi connectivity index (χ0) is 20.8. The van der Waals surface area contributed by atoms with Gasteiger partial charge >= 0.3 is 0 Å². The number of benzene rings is 2. The standard InChI is InChI=1S/C21H22N2O5S/c1-4-28-16-9-6-15(7-10-16)22-13-23-20(24)19(29-21(23)25)11-14-5-8-17(26-2)12-18(14)27-3/h5-12,22H,4,13H2,1-3H3/b19-11-. The van der Waals surface area contributed by atoms with E-state index in [0.29, 0.717) is 28.6 Å². The third-order valence-corrected chi connectivity index (χ3v) is 5.11. The Balaban J connectivity index is 1.70. The van der Waals surface area contributed by atoms with Crippen LogP contribution in [-0.4, -0.2) is 43.5 Å². The summed E-state index contributed by atoms with van der Waals surface area (Å²) in [5.74, 6) is 1.62. The van der Waals surface area contributed by atoms with Gasteiger partial charge in [0.25, 0.3) is 11.1 Å². The van der Waals surface area contributed by atoms with Crippen LogP contribution in [0.4, 0.5) is 10.5 Å². The molecular weight excluding hydrogens is 392 g/mol. The molecule has 29 heavy (non-hydrogen) atoms. The molecule has 152 valence electrons. The van der Waals surface area contributed by atoms with Gasteiger partial charge < -0.3 is 19.5 Å². The number of amides is 2. The lowest BCUT2D eigenvalue weighted by atomic mass is 10.1. The minimum absolute atomic E-state index is 0.0791. The van der Waals surface area contributed by atoms with Crippen molar-refractivity contribution in [3.8, 4) is 17.2 Å². The molecular formula is C21H22N2O5S. The van der Waals surface area contributed by atoms with E-state index in [1.807, 2.05) is 31.2 Å². The molecule has 7 nitrogen and oxygen atoms in total. The van der Waals surface area contributed by atoms with Crippen molar-refractivity contribution in [2.24, 2.45) is 0 Å². The predicted molar refractivity (Wildman–Crippen MR) is 113 cm³/mol. The molecule has 1 heterocycles. The average molecular weight is 414 g/mol. The quantitative estimate of drug-likeness (QED) is 0.649. The topological polar surface area (TPSA) is 77.1 Å². The van der Waals surface area contributed by atoms with Gasteiger partial charge in [-0.15, -0.1) is 0 Å². The Kier molecular flexibility index (Phi) is 6.66. The van der Waals surface area contributed by atoms with Crippen molar-refractivity contribution in [2.45, 2.75) is 6.92 Å². The second-order valence-electron chi connectivity index (χ2n) is 6.01. The first-order chi connectivity index (χ1) is 14.0. The number of ether oxygens (including phenoxy) is 3. The third kappa shape index (κ3) is 4.83. The second-order valence-corrected chi connectivity index (χ2v) is 7.00. The summed E-state index contributed by atoms with van der Waals surface area (Å²) in [6.45, 7) is 2.59. The number of carbonyl (C=O) groups excluding carboxylic acids is 2. The van der Waals surface area contributed by atoms with E-state index in [2.05, 4.69) is 5.32 Å². The van der Waals surface area contributed by atoms with Gasteiger partial charge in [-0.2, -0.15) is 0 Å². The molecule has 1 aliphatic rings. The Morgan fingerprint density at radius 3 is 2.41 bits per heavy atom. The van der Waals surface area contributed by atoms with E-state index in [4.69, 9.17) is 14.2 Å². The highest BCUT2D eigenvalue weighted by atomic mass is 32.2. The van der Waals surface area contributed by atoms with Gasteiger partial charge in [-0.3, -0.25) is 14.5 Å². The number of carbonyl (C=O) groups is 2. The molecule has 3 rings (SSSR count). The molecule has 8 heteroatoms. The number of rotatable bonds is 8. The van der Waals surface area contributed by atoms with E-state index in [9.17, 15) is 9.59 Å². The third-order valence-electron chi connectivity index (χ3n) is 4.21. The summed E-state index contributed by atoms with van der Waals surface area (Å²) >= 11 is 0.902. The SMILES string of the molecule is CCOc1ccc(NCN2C(=O)S/C(=C\c3ccc(OC)cc3OC)C2=O)cc1. The minimum Gasteiger partial charge on any atom is -0.497 e. The van der Waals surface area contributed by atoms with Crippen LogP contribution in [0.3, 0.4) is 0 Å². The first-order valence-corrected chi connectivity index (χ1v) is 9.81. The van der Waals surface area contributed by atoms with Crippen LogP contribution in [-0.2, 0) is 4.79 Å². The smallest absolute Gasteiger partial charge is 0.295 e. The van der Waals surface area contributed by atoms with Crippen molar-refractivity contribution in [3.05, 3.63) is 52.9 Å². The van der Waals surface area contributed by atoms with Crippen molar-refractivity contribution in [2.75, 3.05) is 32.8 Å². The number of nitrogens with zero attached hydrogens (tertiary/aromatic N) is 1. The van der Waals surface area contributed by atoms with Gasteiger partial charge in [0.15, 0.2) is 0 Å². The monoisotopic (exact) mass is 414 g/mol. The van der Waals surface area contributed by atoms with Crippen LogP contribution < -0.4 is 19.5 Å². The van der Waals surface area contributed by atoms with Crippen LogP contribution in [0.2, 0.25) is 0 Å². The summed E-state index contributed by atoms with van der Waals surface area (Å²) < 4.78 is 15.9. The highest BCUT2D eigenvalue weighted by Crippen LogP contribution is 2.35. The number of anilines is 1. The summed E-state index contributed by atoms with van der Waals surface area (Å²) in [5, 5.41) is 2.76. The maximum Gasteiger partial charge on any atom is 0.295 e. The van der Waals surface area contributed by atoms with Gasteiger partial charge in [0.05, 0.1) is 32.4 Å². The fourth-order valence-corrected chi connectivity index (χ4v) is 3.55. The zero-order valence-corrected chi connectivity index (χ0v) is 17.2. The number of imide groups is 1. The molecule has 0 aliphatic carbocycles. The first kappa shape index (κ1) is 20.6. The number of nitrogens with one attached hydrogen (secondary N) is 1. The van der Waals surface area contributed by atoms with Gasteiger partial charge in [-0.25, -0.2) is 0 Å². The Morgan fingerprint density at radius 2 is 1.76 bits per heavy atom. The van der Waals surface area contributed by atoms with Crippen LogP contribution in [0.1, 0.15) is 12.5 Å². The van der Waals surface area contributed by atoms with Gasteiger partial charge in [0, 0.05) is 17.3 Å². The fourth-order valence-electron chi connectivity index (χ4n) is 2.72. The summed E-state index contributed by atoms with van der Waals surface area (Å²) in [7, 11) is 3.11. The van der Waals surface area contributed by atoms with Crippen LogP contribution in [0.15, 0.2) is 47.4 Å². The molecule has 0 spiro atoms. The first-order valence-electron chi connectivity index (χ1n) is 8.99. The molecule has 0 unspecified atom stereocenters. The predicted octanol–water partition coefficient (Wildman–Crippen LogP) is 4.21. The molecule has 1 aliphatic heterocycles. The average Bonchev–Trinajstić information content (AvgIpc) is 3.00. The van der Waals surface area contributed by atoms with E-state index < -0.39 is 0 Å². The summed E-state index contributed by atoms with van der Waals surface area (Å²) in [6, 6.07) is 12.6. The summed E-state index contributed by atoms with van der Waals surface area (Å²) in [4.78, 5) is 26.5. The van der Waals surface area contributed by atoms with E-state index in [1.54, 1.807) is 38.5 Å². The minimum atomic E-state index is -0.351. The van der Waals surface area contributed by atoms with Gasteiger partial charge in [-0.05, 0) is 61.2 Å². The molecule has 0 saturated carbocycles. The fraction of sp³-hybridized carbons (Fsp3) is 0.238. The molecule has 1 fully saturated rings. The number of thioether (sulfide) groups is 1. The van der Waals surface area contributed by atoms with Crippen LogP contribution in [0.25, 0.3) is 6.08 Å². The highest BCUT2D eigenvalue weighted by Gasteiger charge is 2.35. The summed E-state index contributed by atoms with van der Waals surface area (Å²) in [5.41, 5.74) is 1.48. The normalized spacial score (nSPS) is 15.0. The maximum atomic E-state index is 12.7. The van der Waals surface area contributed by atoms with Crippen LogP contribution in [0.5, 0.6) is 17.2 Å². The number of hydrogen-bond donors (Lipinski definition) is 1. The number of methoxy groups -OCH3 is 2. The van der Waals surface area contributed by atoms with Crippen molar-refractivity contribution in [1.29, 1.82) is 0 Å². The Bertz CT molecular complexity index is 927. The van der Waals surface area contributed by atoms with E-state index in [0.717, 1.165) is 23.2 Å².